The third-order valence-electron chi connectivity index (χ3n) is 2.36. The van der Waals surface area contributed by atoms with Crippen molar-refractivity contribution in [1.82, 2.24) is 14.7 Å². The van der Waals surface area contributed by atoms with Crippen molar-refractivity contribution < 1.29 is 0 Å². The highest BCUT2D eigenvalue weighted by molar-refractivity contribution is 5.47. The monoisotopic (exact) mass is 210 g/mol. The highest BCUT2D eigenvalue weighted by Gasteiger charge is 2.12. The molecule has 15 heavy (non-hydrogen) atoms. The molecule has 0 radical (unpaired) electrons. The zero-order chi connectivity index (χ0) is 11.4. The van der Waals surface area contributed by atoms with Crippen LogP contribution >= 0.6 is 0 Å². The molecule has 4 nitrogen and oxygen atoms in total. The Labute approximate surface area is 92.3 Å². The maximum atomic E-state index is 4.44. The van der Waals surface area contributed by atoms with E-state index in [0.717, 1.165) is 31.0 Å². The Morgan fingerprint density at radius 2 is 2.07 bits per heavy atom. The lowest BCUT2D eigenvalue weighted by atomic mass is 10.2. The SMILES string of the molecule is CCCNc1c(CN(C)C)c(C)nn1C. The third-order valence-corrected chi connectivity index (χ3v) is 2.36. The van der Waals surface area contributed by atoms with E-state index in [2.05, 4.69) is 43.3 Å². The van der Waals surface area contributed by atoms with Gasteiger partial charge in [0.05, 0.1) is 5.69 Å². The smallest absolute Gasteiger partial charge is 0.128 e. The van der Waals surface area contributed by atoms with Crippen LogP contribution in [-0.4, -0.2) is 35.3 Å². The second-order valence-corrected chi connectivity index (χ2v) is 4.20. The van der Waals surface area contributed by atoms with Crippen LogP contribution in [0.1, 0.15) is 24.6 Å². The second kappa shape index (κ2) is 5.16. The van der Waals surface area contributed by atoms with Gasteiger partial charge in [-0.15, -0.1) is 0 Å². The Balaban J connectivity index is 2.89. The van der Waals surface area contributed by atoms with Gasteiger partial charge in [0.15, 0.2) is 0 Å². The molecular formula is C11H22N4. The van der Waals surface area contributed by atoms with Gasteiger partial charge in [0.2, 0.25) is 0 Å². The van der Waals surface area contributed by atoms with Gasteiger partial charge >= 0.3 is 0 Å². The first-order chi connectivity index (χ1) is 7.06. The Bertz CT molecular complexity index is 315. The fourth-order valence-corrected chi connectivity index (χ4v) is 1.67. The van der Waals surface area contributed by atoms with E-state index in [9.17, 15) is 0 Å². The minimum atomic E-state index is 0.936. The molecule has 4 heteroatoms. The molecule has 1 aromatic rings. The number of hydrogen-bond acceptors (Lipinski definition) is 3. The van der Waals surface area contributed by atoms with Gasteiger partial charge in [-0.3, -0.25) is 4.68 Å². The fraction of sp³-hybridized carbons (Fsp3) is 0.727. The number of anilines is 1. The molecule has 0 atom stereocenters. The fourth-order valence-electron chi connectivity index (χ4n) is 1.67. The van der Waals surface area contributed by atoms with Crippen molar-refractivity contribution in [2.24, 2.45) is 7.05 Å². The number of aryl methyl sites for hydroxylation is 2. The van der Waals surface area contributed by atoms with E-state index in [0.29, 0.717) is 0 Å². The molecule has 0 aliphatic rings. The average Bonchev–Trinajstić information content (AvgIpc) is 2.39. The molecule has 0 spiro atoms. The average molecular weight is 210 g/mol. The summed E-state index contributed by atoms with van der Waals surface area (Å²) >= 11 is 0. The van der Waals surface area contributed by atoms with E-state index in [4.69, 9.17) is 0 Å². The lowest BCUT2D eigenvalue weighted by Crippen LogP contribution is -2.14. The van der Waals surface area contributed by atoms with Crippen molar-refractivity contribution in [3.8, 4) is 0 Å². The van der Waals surface area contributed by atoms with E-state index in [-0.39, 0.29) is 0 Å². The van der Waals surface area contributed by atoms with Crippen LogP contribution in [0.2, 0.25) is 0 Å². The summed E-state index contributed by atoms with van der Waals surface area (Å²) in [5, 5.41) is 7.88. The summed E-state index contributed by atoms with van der Waals surface area (Å²) in [4.78, 5) is 2.17. The number of nitrogens with zero attached hydrogens (tertiary/aromatic N) is 3. The summed E-state index contributed by atoms with van der Waals surface area (Å²) in [6.07, 6.45) is 1.13. The Hall–Kier alpha value is -1.03. The van der Waals surface area contributed by atoms with Gasteiger partial charge in [0.25, 0.3) is 0 Å². The molecule has 1 aromatic heterocycles. The van der Waals surface area contributed by atoms with Crippen LogP contribution in [0.15, 0.2) is 0 Å². The lowest BCUT2D eigenvalue weighted by molar-refractivity contribution is 0.402. The molecule has 0 bridgehead atoms. The summed E-state index contributed by atoms with van der Waals surface area (Å²) in [7, 11) is 6.15. The lowest BCUT2D eigenvalue weighted by Gasteiger charge is -2.12. The summed E-state index contributed by atoms with van der Waals surface area (Å²) in [5.74, 6) is 1.16. The van der Waals surface area contributed by atoms with Gasteiger partial charge in [-0.2, -0.15) is 5.10 Å². The molecule has 0 aliphatic heterocycles. The second-order valence-electron chi connectivity index (χ2n) is 4.20. The molecule has 0 saturated heterocycles. The molecule has 0 saturated carbocycles. The van der Waals surface area contributed by atoms with Crippen molar-refractivity contribution in [3.63, 3.8) is 0 Å². The first kappa shape index (κ1) is 12.0. The summed E-state index contributed by atoms with van der Waals surface area (Å²) in [5.41, 5.74) is 2.42. The van der Waals surface area contributed by atoms with Gasteiger partial charge in [-0.05, 0) is 27.4 Å². The van der Waals surface area contributed by atoms with Crippen LogP contribution in [-0.2, 0) is 13.6 Å². The third kappa shape index (κ3) is 2.96. The molecule has 0 aromatic carbocycles. The molecule has 1 heterocycles. The molecule has 1 N–H and O–H groups in total. The first-order valence-corrected chi connectivity index (χ1v) is 5.47. The van der Waals surface area contributed by atoms with E-state index in [1.807, 2.05) is 11.7 Å². The normalized spacial score (nSPS) is 11.1. The van der Waals surface area contributed by atoms with Crippen LogP contribution in [0, 0.1) is 6.92 Å². The van der Waals surface area contributed by atoms with Crippen LogP contribution in [0.5, 0.6) is 0 Å². The highest BCUT2D eigenvalue weighted by Crippen LogP contribution is 2.19. The van der Waals surface area contributed by atoms with Crippen molar-refractivity contribution in [2.75, 3.05) is 26.0 Å². The first-order valence-electron chi connectivity index (χ1n) is 5.47. The van der Waals surface area contributed by atoms with E-state index < -0.39 is 0 Å². The molecule has 1 rings (SSSR count). The molecule has 0 aliphatic carbocycles. The molecular weight excluding hydrogens is 188 g/mol. The predicted octanol–water partition coefficient (Wildman–Crippen LogP) is 1.61. The zero-order valence-corrected chi connectivity index (χ0v) is 10.5. The number of aromatic nitrogens is 2. The van der Waals surface area contributed by atoms with Crippen LogP contribution in [0.4, 0.5) is 5.82 Å². The number of hydrogen-bond donors (Lipinski definition) is 1. The zero-order valence-electron chi connectivity index (χ0n) is 10.5. The highest BCUT2D eigenvalue weighted by atomic mass is 15.3. The Kier molecular flexibility index (Phi) is 4.15. The van der Waals surface area contributed by atoms with Crippen LogP contribution in [0.25, 0.3) is 0 Å². The summed E-state index contributed by atoms with van der Waals surface area (Å²) in [6, 6.07) is 0. The van der Waals surface area contributed by atoms with Crippen LogP contribution in [0.3, 0.4) is 0 Å². The maximum absolute atomic E-state index is 4.44. The Morgan fingerprint density at radius 1 is 1.40 bits per heavy atom. The van der Waals surface area contributed by atoms with E-state index >= 15 is 0 Å². The molecule has 0 amide bonds. The molecule has 0 fully saturated rings. The van der Waals surface area contributed by atoms with Gasteiger partial charge in [-0.1, -0.05) is 6.92 Å². The number of rotatable bonds is 5. The van der Waals surface area contributed by atoms with Gasteiger partial charge in [-0.25, -0.2) is 0 Å². The van der Waals surface area contributed by atoms with E-state index in [1.165, 1.54) is 5.56 Å². The van der Waals surface area contributed by atoms with Crippen molar-refractivity contribution in [1.29, 1.82) is 0 Å². The Morgan fingerprint density at radius 3 is 2.60 bits per heavy atom. The van der Waals surface area contributed by atoms with Crippen LogP contribution < -0.4 is 5.32 Å². The van der Waals surface area contributed by atoms with Crippen molar-refractivity contribution in [2.45, 2.75) is 26.8 Å². The summed E-state index contributed by atoms with van der Waals surface area (Å²) < 4.78 is 1.93. The van der Waals surface area contributed by atoms with E-state index in [1.54, 1.807) is 0 Å². The molecule has 86 valence electrons. The predicted molar refractivity (Wildman–Crippen MR) is 64.1 cm³/mol. The van der Waals surface area contributed by atoms with Gasteiger partial charge in [0.1, 0.15) is 5.82 Å². The summed E-state index contributed by atoms with van der Waals surface area (Å²) in [6.45, 7) is 6.17. The van der Waals surface area contributed by atoms with Gasteiger partial charge in [0, 0.05) is 25.7 Å². The standard InChI is InChI=1S/C11H22N4/c1-6-7-12-11-10(8-14(3)4)9(2)13-15(11)5/h12H,6-8H2,1-5H3. The van der Waals surface area contributed by atoms with Gasteiger partial charge < -0.3 is 10.2 Å². The minimum Gasteiger partial charge on any atom is -0.370 e. The number of nitrogens with one attached hydrogen (secondary N) is 1. The van der Waals surface area contributed by atoms with Crippen molar-refractivity contribution >= 4 is 5.82 Å². The largest absolute Gasteiger partial charge is 0.370 e. The molecule has 0 unspecified atom stereocenters. The van der Waals surface area contributed by atoms with Crippen molar-refractivity contribution in [3.05, 3.63) is 11.3 Å². The maximum Gasteiger partial charge on any atom is 0.128 e. The quantitative estimate of drug-likeness (QED) is 0.801. The topological polar surface area (TPSA) is 33.1 Å². The minimum absolute atomic E-state index is 0.936.